The Morgan fingerprint density at radius 1 is 1.31 bits per heavy atom. The molecule has 0 unspecified atom stereocenters. The van der Waals surface area contributed by atoms with Crippen molar-refractivity contribution >= 4 is 50.6 Å². The number of thiophene rings is 1. The Balaban J connectivity index is 1.50. The highest BCUT2D eigenvalue weighted by Crippen LogP contribution is 2.36. The number of hydrogen-bond donors (Lipinski definition) is 1. The molecule has 0 atom stereocenters. The summed E-state index contributed by atoms with van der Waals surface area (Å²) >= 11 is 4.57. The molecule has 0 aliphatic rings. The summed E-state index contributed by atoms with van der Waals surface area (Å²) in [5, 5.41) is 15.2. The fourth-order valence-electron chi connectivity index (χ4n) is 2.38. The molecule has 0 saturated carbocycles. The van der Waals surface area contributed by atoms with Crippen LogP contribution in [0.1, 0.15) is 10.8 Å². The fraction of sp³-hybridized carbons (Fsp3) is 0.176. The Morgan fingerprint density at radius 2 is 2.23 bits per heavy atom. The summed E-state index contributed by atoms with van der Waals surface area (Å²) in [7, 11) is 0. The number of hydrogen-bond acceptors (Lipinski definition) is 8. The van der Waals surface area contributed by atoms with Gasteiger partial charge in [-0.25, -0.2) is 4.98 Å². The van der Waals surface area contributed by atoms with Crippen molar-refractivity contribution in [3.8, 4) is 10.6 Å². The first-order valence-electron chi connectivity index (χ1n) is 7.80. The molecule has 1 N–H and O–H groups in total. The lowest BCUT2D eigenvalue weighted by atomic mass is 10.3. The van der Waals surface area contributed by atoms with E-state index in [1.165, 1.54) is 11.8 Å². The molecule has 0 spiro atoms. The molecule has 6 nitrogen and oxygen atoms in total. The Labute approximate surface area is 161 Å². The van der Waals surface area contributed by atoms with Gasteiger partial charge in [0.05, 0.1) is 33.1 Å². The number of nitrogens with zero attached hydrogens (tertiary/aromatic N) is 3. The minimum absolute atomic E-state index is 0.0874. The lowest BCUT2D eigenvalue weighted by Gasteiger charge is -2.04. The van der Waals surface area contributed by atoms with E-state index in [1.54, 1.807) is 35.0 Å². The maximum Gasteiger partial charge on any atom is 0.230 e. The van der Waals surface area contributed by atoms with Crippen molar-refractivity contribution in [2.75, 3.05) is 5.75 Å². The van der Waals surface area contributed by atoms with Gasteiger partial charge in [0, 0.05) is 0 Å². The average molecular weight is 403 g/mol. The molecule has 132 valence electrons. The summed E-state index contributed by atoms with van der Waals surface area (Å²) in [6.07, 6.45) is 1.59. The SMILES string of the molecule is Cc1nc2c(SCC(=O)NCc3ccco3)nnc(-c3cccs3)c2s1. The van der Waals surface area contributed by atoms with Crippen LogP contribution in [-0.4, -0.2) is 26.8 Å². The Kier molecular flexibility index (Phi) is 5.00. The van der Waals surface area contributed by atoms with Crippen LogP contribution in [0.2, 0.25) is 0 Å². The van der Waals surface area contributed by atoms with Crippen molar-refractivity contribution in [1.82, 2.24) is 20.5 Å². The zero-order valence-corrected chi connectivity index (χ0v) is 16.2. The maximum absolute atomic E-state index is 12.1. The normalized spacial score (nSPS) is 11.1. The van der Waals surface area contributed by atoms with Crippen LogP contribution in [0.4, 0.5) is 0 Å². The van der Waals surface area contributed by atoms with Crippen LogP contribution in [-0.2, 0) is 11.3 Å². The van der Waals surface area contributed by atoms with Gasteiger partial charge in [-0.2, -0.15) is 0 Å². The summed E-state index contributed by atoms with van der Waals surface area (Å²) in [5.41, 5.74) is 1.67. The average Bonchev–Trinajstić information content (AvgIpc) is 3.38. The highest BCUT2D eigenvalue weighted by Gasteiger charge is 2.17. The van der Waals surface area contributed by atoms with Crippen molar-refractivity contribution in [1.29, 1.82) is 0 Å². The van der Waals surface area contributed by atoms with Gasteiger partial charge in [-0.3, -0.25) is 4.79 Å². The van der Waals surface area contributed by atoms with Crippen LogP contribution < -0.4 is 5.32 Å². The van der Waals surface area contributed by atoms with Crippen LogP contribution in [0.15, 0.2) is 45.4 Å². The summed E-state index contributed by atoms with van der Waals surface area (Å²) in [6, 6.07) is 7.64. The lowest BCUT2D eigenvalue weighted by molar-refractivity contribution is -0.118. The number of aryl methyl sites for hydroxylation is 1. The van der Waals surface area contributed by atoms with E-state index in [0.29, 0.717) is 11.6 Å². The summed E-state index contributed by atoms with van der Waals surface area (Å²) in [5.74, 6) is 0.885. The number of aromatic nitrogens is 3. The molecule has 0 aromatic carbocycles. The van der Waals surface area contributed by atoms with Crippen LogP contribution in [0.5, 0.6) is 0 Å². The number of carbonyl (C=O) groups excluding carboxylic acids is 1. The monoisotopic (exact) mass is 402 g/mol. The van der Waals surface area contributed by atoms with E-state index in [9.17, 15) is 4.79 Å². The first-order valence-corrected chi connectivity index (χ1v) is 10.5. The number of thioether (sulfide) groups is 1. The molecular formula is C17H14N4O2S3. The van der Waals surface area contributed by atoms with Crippen molar-refractivity contribution in [3.63, 3.8) is 0 Å². The number of thiazole rings is 1. The Bertz CT molecular complexity index is 1030. The fourth-order valence-corrected chi connectivity index (χ4v) is 4.89. The van der Waals surface area contributed by atoms with Crippen LogP contribution >= 0.6 is 34.4 Å². The molecule has 0 aliphatic heterocycles. The first kappa shape index (κ1) is 17.2. The molecule has 4 heterocycles. The lowest BCUT2D eigenvalue weighted by Crippen LogP contribution is -2.24. The quantitative estimate of drug-likeness (QED) is 0.489. The van der Waals surface area contributed by atoms with E-state index in [1.807, 2.05) is 30.5 Å². The van der Waals surface area contributed by atoms with Crippen LogP contribution in [0.25, 0.3) is 20.8 Å². The smallest absolute Gasteiger partial charge is 0.230 e. The Morgan fingerprint density at radius 3 is 3.00 bits per heavy atom. The predicted molar refractivity (Wildman–Crippen MR) is 105 cm³/mol. The van der Waals surface area contributed by atoms with E-state index < -0.39 is 0 Å². The third kappa shape index (κ3) is 3.64. The Hall–Kier alpha value is -2.23. The number of furan rings is 1. The van der Waals surface area contributed by atoms with E-state index in [-0.39, 0.29) is 11.7 Å². The first-order chi connectivity index (χ1) is 12.7. The number of amides is 1. The molecule has 0 saturated heterocycles. The van der Waals surface area contributed by atoms with Gasteiger partial charge in [0.25, 0.3) is 0 Å². The third-order valence-electron chi connectivity index (χ3n) is 3.53. The maximum atomic E-state index is 12.1. The molecule has 26 heavy (non-hydrogen) atoms. The zero-order chi connectivity index (χ0) is 17.9. The molecule has 1 amide bonds. The highest BCUT2D eigenvalue weighted by molar-refractivity contribution is 8.00. The van der Waals surface area contributed by atoms with Gasteiger partial charge in [-0.1, -0.05) is 17.8 Å². The molecular weight excluding hydrogens is 388 g/mol. The van der Waals surface area contributed by atoms with Gasteiger partial charge in [0.1, 0.15) is 22.0 Å². The summed E-state index contributed by atoms with van der Waals surface area (Å²) in [6.45, 7) is 2.34. The van der Waals surface area contributed by atoms with Crippen LogP contribution in [0.3, 0.4) is 0 Å². The van der Waals surface area contributed by atoms with Gasteiger partial charge < -0.3 is 9.73 Å². The molecule has 4 aromatic heterocycles. The number of nitrogens with one attached hydrogen (secondary N) is 1. The number of rotatable bonds is 6. The van der Waals surface area contributed by atoms with Crippen LogP contribution in [0, 0.1) is 6.92 Å². The highest BCUT2D eigenvalue weighted by atomic mass is 32.2. The summed E-state index contributed by atoms with van der Waals surface area (Å²) in [4.78, 5) is 17.7. The number of carbonyl (C=O) groups is 1. The molecule has 0 bridgehead atoms. The summed E-state index contributed by atoms with van der Waals surface area (Å²) < 4.78 is 6.22. The van der Waals surface area contributed by atoms with Crippen molar-refractivity contribution in [2.45, 2.75) is 18.5 Å². The standard InChI is InChI=1S/C17H14N4O2S3/c1-10-19-15-16(26-10)14(12-5-3-7-24-12)20-21-17(15)25-9-13(22)18-8-11-4-2-6-23-11/h2-7H,8-9H2,1H3,(H,18,22). The predicted octanol–water partition coefficient (Wildman–Crippen LogP) is 4.12. The molecule has 0 fully saturated rings. The van der Waals surface area contributed by atoms with E-state index in [4.69, 9.17) is 4.42 Å². The molecule has 0 radical (unpaired) electrons. The van der Waals surface area contributed by atoms with E-state index in [0.717, 1.165) is 31.6 Å². The van der Waals surface area contributed by atoms with E-state index >= 15 is 0 Å². The van der Waals surface area contributed by atoms with E-state index in [2.05, 4.69) is 20.5 Å². The minimum atomic E-state index is -0.0874. The van der Waals surface area contributed by atoms with Gasteiger partial charge in [0.2, 0.25) is 5.91 Å². The van der Waals surface area contributed by atoms with Gasteiger partial charge in [-0.15, -0.1) is 32.9 Å². The largest absolute Gasteiger partial charge is 0.467 e. The second kappa shape index (κ2) is 7.56. The third-order valence-corrected chi connectivity index (χ3v) is 6.34. The molecule has 4 aromatic rings. The molecule has 4 rings (SSSR count). The zero-order valence-electron chi connectivity index (χ0n) is 13.8. The minimum Gasteiger partial charge on any atom is -0.467 e. The van der Waals surface area contributed by atoms with Gasteiger partial charge in [0.15, 0.2) is 0 Å². The molecule has 0 aliphatic carbocycles. The van der Waals surface area contributed by atoms with Crippen molar-refractivity contribution in [2.24, 2.45) is 0 Å². The molecule has 9 heteroatoms. The van der Waals surface area contributed by atoms with Gasteiger partial charge in [-0.05, 0) is 30.5 Å². The second-order valence-corrected chi connectivity index (χ2v) is 8.50. The van der Waals surface area contributed by atoms with Crippen molar-refractivity contribution in [3.05, 3.63) is 46.7 Å². The number of fused-ring (bicyclic) bond motifs is 1. The van der Waals surface area contributed by atoms with Gasteiger partial charge >= 0.3 is 0 Å². The van der Waals surface area contributed by atoms with Crippen molar-refractivity contribution < 1.29 is 9.21 Å². The topological polar surface area (TPSA) is 80.9 Å². The second-order valence-electron chi connectivity index (χ2n) is 5.39.